The average Bonchev–Trinajstić information content (AvgIpc) is 2.71. The van der Waals surface area contributed by atoms with Gasteiger partial charge in [-0.15, -0.1) is 0 Å². The lowest BCUT2D eigenvalue weighted by atomic mass is 9.79. The highest BCUT2D eigenvalue weighted by atomic mass is 79.9. The molecule has 0 unspecified atom stereocenters. The van der Waals surface area contributed by atoms with Crippen molar-refractivity contribution in [2.45, 2.75) is 25.7 Å². The molecule has 1 aliphatic rings. The fraction of sp³-hybridized carbons (Fsp3) is 0.350. The third-order valence-corrected chi connectivity index (χ3v) is 5.75. The van der Waals surface area contributed by atoms with E-state index in [0.717, 1.165) is 28.1 Å². The van der Waals surface area contributed by atoms with Crippen LogP contribution in [-0.4, -0.2) is 29.5 Å². The lowest BCUT2D eigenvalue weighted by molar-refractivity contribution is -0.149. The summed E-state index contributed by atoms with van der Waals surface area (Å²) in [6.07, 6.45) is 2.57. The summed E-state index contributed by atoms with van der Waals surface area (Å²) in [5, 5.41) is 11.3. The van der Waals surface area contributed by atoms with Crippen LogP contribution in [0.4, 0.5) is 0 Å². The quantitative estimate of drug-likeness (QED) is 0.609. The predicted octanol–water partition coefficient (Wildman–Crippen LogP) is 3.02. The van der Waals surface area contributed by atoms with Crippen molar-refractivity contribution >= 4 is 44.5 Å². The molecule has 0 aromatic heterocycles. The van der Waals surface area contributed by atoms with Crippen LogP contribution in [0.5, 0.6) is 5.75 Å². The van der Waals surface area contributed by atoms with Gasteiger partial charge in [0.1, 0.15) is 5.75 Å². The minimum absolute atomic E-state index is 0.287. The van der Waals surface area contributed by atoms with Crippen molar-refractivity contribution < 1.29 is 24.2 Å². The number of carbonyl (C=O) groups is 3. The van der Waals surface area contributed by atoms with Gasteiger partial charge < -0.3 is 9.84 Å². The first-order valence-electron chi connectivity index (χ1n) is 9.09. The van der Waals surface area contributed by atoms with Crippen molar-refractivity contribution in [2.75, 3.05) is 6.61 Å². The zero-order valence-electron chi connectivity index (χ0n) is 15.1. The molecule has 1 fully saturated rings. The fourth-order valence-electron chi connectivity index (χ4n) is 3.47. The van der Waals surface area contributed by atoms with Crippen molar-refractivity contribution in [3.05, 3.63) is 40.9 Å². The van der Waals surface area contributed by atoms with Crippen LogP contribution in [-0.2, 0) is 14.4 Å². The van der Waals surface area contributed by atoms with E-state index in [1.54, 1.807) is 6.07 Å². The average molecular weight is 449 g/mol. The molecule has 3 N–H and O–H groups in total. The molecule has 1 aliphatic carbocycles. The molecule has 2 amide bonds. The molecule has 7 nitrogen and oxygen atoms in total. The Morgan fingerprint density at radius 2 is 1.75 bits per heavy atom. The summed E-state index contributed by atoms with van der Waals surface area (Å²) in [5.41, 5.74) is 4.62. The lowest BCUT2D eigenvalue weighted by Crippen LogP contribution is -2.49. The summed E-state index contributed by atoms with van der Waals surface area (Å²) in [6.45, 7) is -0.287. The van der Waals surface area contributed by atoms with Gasteiger partial charge in [-0.05, 0) is 45.6 Å². The molecule has 8 heteroatoms. The van der Waals surface area contributed by atoms with Crippen LogP contribution >= 0.6 is 15.9 Å². The van der Waals surface area contributed by atoms with Gasteiger partial charge in [0.05, 0.1) is 16.3 Å². The molecule has 0 radical (unpaired) electrons. The van der Waals surface area contributed by atoms with Crippen molar-refractivity contribution in [2.24, 2.45) is 11.8 Å². The predicted molar refractivity (Wildman–Crippen MR) is 107 cm³/mol. The minimum Gasteiger partial charge on any atom is -0.483 e. The molecule has 2 atom stereocenters. The molecule has 3 rings (SSSR count). The smallest absolute Gasteiger partial charge is 0.307 e. The zero-order valence-corrected chi connectivity index (χ0v) is 16.7. The Hall–Kier alpha value is -2.61. The molecular formula is C20H21BrN2O5. The summed E-state index contributed by atoms with van der Waals surface area (Å²) < 4.78 is 6.28. The number of hydrogen-bond donors (Lipinski definition) is 3. The molecule has 0 saturated heterocycles. The van der Waals surface area contributed by atoms with Crippen LogP contribution in [0.2, 0.25) is 0 Å². The van der Waals surface area contributed by atoms with Crippen LogP contribution in [0, 0.1) is 11.8 Å². The highest BCUT2D eigenvalue weighted by Crippen LogP contribution is 2.33. The Balaban J connectivity index is 1.53. The third-order valence-electron chi connectivity index (χ3n) is 4.93. The number of amides is 2. The number of benzene rings is 2. The second-order valence-corrected chi connectivity index (χ2v) is 7.55. The maximum absolute atomic E-state index is 12.3. The molecule has 1 saturated carbocycles. The van der Waals surface area contributed by atoms with Crippen molar-refractivity contribution in [3.8, 4) is 5.75 Å². The topological polar surface area (TPSA) is 105 Å². The molecule has 0 bridgehead atoms. The summed E-state index contributed by atoms with van der Waals surface area (Å²) in [7, 11) is 0. The van der Waals surface area contributed by atoms with E-state index in [1.807, 2.05) is 30.3 Å². The van der Waals surface area contributed by atoms with Gasteiger partial charge in [0.25, 0.3) is 5.91 Å². The Morgan fingerprint density at radius 3 is 2.50 bits per heavy atom. The highest BCUT2D eigenvalue weighted by Gasteiger charge is 2.35. The maximum Gasteiger partial charge on any atom is 0.307 e. The molecule has 2 aromatic carbocycles. The first kappa shape index (κ1) is 20.1. The lowest BCUT2D eigenvalue weighted by Gasteiger charge is -2.27. The Morgan fingerprint density at radius 1 is 1.04 bits per heavy atom. The number of carbonyl (C=O) groups excluding carboxylic acids is 2. The van der Waals surface area contributed by atoms with E-state index in [0.29, 0.717) is 18.6 Å². The number of carboxylic acid groups (broad SMARTS) is 1. The standard InChI is InChI=1S/C20H21BrN2O5/c21-18-13-6-2-1-5-12(13)9-10-16(18)28-11-17(24)22-23-19(25)14-7-3-4-8-15(14)20(26)27/h1-2,5-6,9-10,14-15H,3-4,7-8,11H2,(H,22,24)(H,23,25)(H,26,27)/t14-,15-/m1/s1. The van der Waals surface area contributed by atoms with Crippen LogP contribution in [0.15, 0.2) is 40.9 Å². The van der Waals surface area contributed by atoms with Gasteiger partial charge >= 0.3 is 5.97 Å². The van der Waals surface area contributed by atoms with E-state index < -0.39 is 29.6 Å². The summed E-state index contributed by atoms with van der Waals surface area (Å²) in [6, 6.07) is 11.4. The van der Waals surface area contributed by atoms with E-state index >= 15 is 0 Å². The van der Waals surface area contributed by atoms with Gasteiger partial charge in [0, 0.05) is 0 Å². The first-order valence-corrected chi connectivity index (χ1v) is 9.88. The number of ether oxygens (including phenoxy) is 1. The van der Waals surface area contributed by atoms with Crippen LogP contribution in [0.25, 0.3) is 10.8 Å². The maximum atomic E-state index is 12.3. The van der Waals surface area contributed by atoms with Gasteiger partial charge in [0.15, 0.2) is 6.61 Å². The third kappa shape index (κ3) is 4.62. The van der Waals surface area contributed by atoms with Gasteiger partial charge in [-0.2, -0.15) is 0 Å². The largest absolute Gasteiger partial charge is 0.483 e. The molecular weight excluding hydrogens is 428 g/mol. The molecule has 28 heavy (non-hydrogen) atoms. The summed E-state index contributed by atoms with van der Waals surface area (Å²) >= 11 is 3.48. The van der Waals surface area contributed by atoms with Crippen molar-refractivity contribution in [3.63, 3.8) is 0 Å². The van der Waals surface area contributed by atoms with Crippen LogP contribution in [0.1, 0.15) is 25.7 Å². The SMILES string of the molecule is O=C(COc1ccc2ccccc2c1Br)NNC(=O)[C@@H]1CCCC[C@H]1C(=O)O. The van der Waals surface area contributed by atoms with Gasteiger partial charge in [-0.3, -0.25) is 25.2 Å². The fourth-order valence-corrected chi connectivity index (χ4v) is 4.08. The summed E-state index contributed by atoms with van der Waals surface area (Å²) in [5.74, 6) is -2.82. The number of hydrazine groups is 1. The van der Waals surface area contributed by atoms with E-state index in [1.165, 1.54) is 0 Å². The Kier molecular flexibility index (Phi) is 6.51. The number of fused-ring (bicyclic) bond motifs is 1. The zero-order chi connectivity index (χ0) is 20.1. The number of aliphatic carboxylic acids is 1. The highest BCUT2D eigenvalue weighted by molar-refractivity contribution is 9.10. The monoisotopic (exact) mass is 448 g/mol. The van der Waals surface area contributed by atoms with Gasteiger partial charge in [-0.25, -0.2) is 0 Å². The minimum atomic E-state index is -0.976. The number of carboxylic acids is 1. The number of halogens is 1. The van der Waals surface area contributed by atoms with Crippen molar-refractivity contribution in [1.82, 2.24) is 10.9 Å². The normalized spacial score (nSPS) is 19.0. The van der Waals surface area contributed by atoms with Crippen molar-refractivity contribution in [1.29, 1.82) is 0 Å². The Labute approximate surface area is 170 Å². The number of nitrogens with one attached hydrogen (secondary N) is 2. The van der Waals surface area contributed by atoms with Gasteiger partial charge in [-0.1, -0.05) is 43.2 Å². The molecule has 2 aromatic rings. The second kappa shape index (κ2) is 9.05. The van der Waals surface area contributed by atoms with E-state index in [-0.39, 0.29) is 6.61 Å². The van der Waals surface area contributed by atoms with E-state index in [4.69, 9.17) is 4.74 Å². The molecule has 0 heterocycles. The van der Waals surface area contributed by atoms with E-state index in [9.17, 15) is 19.5 Å². The van der Waals surface area contributed by atoms with Gasteiger partial charge in [0.2, 0.25) is 5.91 Å². The second-order valence-electron chi connectivity index (χ2n) is 6.76. The Bertz CT molecular complexity index is 901. The van der Waals surface area contributed by atoms with Crippen LogP contribution < -0.4 is 15.6 Å². The molecule has 148 valence electrons. The number of hydrogen-bond acceptors (Lipinski definition) is 4. The molecule has 0 aliphatic heterocycles. The number of rotatable bonds is 5. The summed E-state index contributed by atoms with van der Waals surface area (Å²) in [4.78, 5) is 35.6. The molecule has 0 spiro atoms. The van der Waals surface area contributed by atoms with Crippen LogP contribution in [0.3, 0.4) is 0 Å². The first-order chi connectivity index (χ1) is 13.5. The van der Waals surface area contributed by atoms with E-state index in [2.05, 4.69) is 26.8 Å².